The van der Waals surface area contributed by atoms with Gasteiger partial charge in [-0.25, -0.2) is 4.79 Å². The molecule has 0 bridgehead atoms. The number of esters is 1. The second kappa shape index (κ2) is 7.47. The maximum atomic E-state index is 11.7. The summed E-state index contributed by atoms with van der Waals surface area (Å²) in [5.41, 5.74) is 0.194. The third-order valence-corrected chi connectivity index (χ3v) is 2.92. The van der Waals surface area contributed by atoms with Gasteiger partial charge in [-0.15, -0.1) is 0 Å². The van der Waals surface area contributed by atoms with Gasteiger partial charge in [0.25, 0.3) is 0 Å². The molecule has 0 aliphatic rings. The number of methoxy groups -OCH3 is 1. The van der Waals surface area contributed by atoms with Gasteiger partial charge >= 0.3 is 12.1 Å². The van der Waals surface area contributed by atoms with E-state index in [9.17, 15) is 14.7 Å². The molecule has 1 aromatic rings. The van der Waals surface area contributed by atoms with E-state index in [4.69, 9.17) is 16.3 Å². The summed E-state index contributed by atoms with van der Waals surface area (Å²) < 4.78 is 9.61. The van der Waals surface area contributed by atoms with Crippen molar-refractivity contribution in [3.8, 4) is 0 Å². The zero-order valence-electron chi connectivity index (χ0n) is 13.0. The molecule has 22 heavy (non-hydrogen) atoms. The molecule has 2 N–H and O–H groups in total. The molecular formula is C15H20ClNO5. The summed E-state index contributed by atoms with van der Waals surface area (Å²) in [5.74, 6) is -0.542. The van der Waals surface area contributed by atoms with E-state index in [0.717, 1.165) is 0 Å². The minimum absolute atomic E-state index is 0.199. The van der Waals surface area contributed by atoms with Crippen molar-refractivity contribution in [2.24, 2.45) is 0 Å². The first-order valence-electron chi connectivity index (χ1n) is 6.66. The predicted octanol–water partition coefficient (Wildman–Crippen LogP) is 3.28. The summed E-state index contributed by atoms with van der Waals surface area (Å²) >= 11 is 6.06. The number of ether oxygens (including phenoxy) is 2. The van der Waals surface area contributed by atoms with Crippen molar-refractivity contribution < 1.29 is 24.2 Å². The minimum atomic E-state index is -1.07. The maximum absolute atomic E-state index is 11.7. The average Bonchev–Trinajstić information content (AvgIpc) is 2.35. The number of rotatable bonds is 4. The standard InChI is InChI=1S/C15H20ClNO5/c1-15(2,3)22-14(20)17-9-5-6-10(11(16)7-9)12(18)8-13(19)21-4/h5-7,12,18H,8H2,1-4H3,(H,17,20)/t12-/m1/s1. The van der Waals surface area contributed by atoms with Crippen molar-refractivity contribution >= 4 is 29.4 Å². The first-order chi connectivity index (χ1) is 10.1. The zero-order valence-corrected chi connectivity index (χ0v) is 13.7. The Morgan fingerprint density at radius 2 is 2.00 bits per heavy atom. The zero-order chi connectivity index (χ0) is 16.9. The molecule has 122 valence electrons. The first-order valence-corrected chi connectivity index (χ1v) is 7.04. The van der Waals surface area contributed by atoms with Gasteiger partial charge in [0.15, 0.2) is 0 Å². The van der Waals surface area contributed by atoms with Crippen LogP contribution in [0, 0.1) is 0 Å². The largest absolute Gasteiger partial charge is 0.469 e. The summed E-state index contributed by atoms with van der Waals surface area (Å²) in [5, 5.41) is 12.7. The van der Waals surface area contributed by atoms with Gasteiger partial charge in [0, 0.05) is 10.7 Å². The molecule has 6 nitrogen and oxygen atoms in total. The third-order valence-electron chi connectivity index (χ3n) is 2.59. The van der Waals surface area contributed by atoms with Gasteiger partial charge < -0.3 is 14.6 Å². The van der Waals surface area contributed by atoms with Gasteiger partial charge in [-0.05, 0) is 38.5 Å². The van der Waals surface area contributed by atoms with Gasteiger partial charge in [0.1, 0.15) is 5.60 Å². The SMILES string of the molecule is COC(=O)C[C@@H](O)c1ccc(NC(=O)OC(C)(C)C)cc1Cl. The molecule has 0 fully saturated rings. The van der Waals surface area contributed by atoms with Gasteiger partial charge in [-0.3, -0.25) is 10.1 Å². The van der Waals surface area contributed by atoms with E-state index in [2.05, 4.69) is 10.1 Å². The van der Waals surface area contributed by atoms with Crippen LogP contribution in [0.1, 0.15) is 38.9 Å². The fourth-order valence-electron chi connectivity index (χ4n) is 1.65. The second-order valence-corrected chi connectivity index (χ2v) is 6.07. The molecule has 0 aliphatic heterocycles. The van der Waals surface area contributed by atoms with Crippen LogP contribution < -0.4 is 5.32 Å². The van der Waals surface area contributed by atoms with E-state index in [-0.39, 0.29) is 11.4 Å². The Bertz CT molecular complexity index is 553. The Morgan fingerprint density at radius 3 is 2.50 bits per heavy atom. The molecule has 1 amide bonds. The monoisotopic (exact) mass is 329 g/mol. The second-order valence-electron chi connectivity index (χ2n) is 5.66. The number of nitrogens with one attached hydrogen (secondary N) is 1. The highest BCUT2D eigenvalue weighted by atomic mass is 35.5. The van der Waals surface area contributed by atoms with Crippen molar-refractivity contribution in [2.75, 3.05) is 12.4 Å². The van der Waals surface area contributed by atoms with E-state index in [1.54, 1.807) is 26.8 Å². The highest BCUT2D eigenvalue weighted by molar-refractivity contribution is 6.31. The van der Waals surface area contributed by atoms with Gasteiger partial charge in [0.05, 0.1) is 19.6 Å². The van der Waals surface area contributed by atoms with Crippen molar-refractivity contribution in [1.82, 2.24) is 0 Å². The van der Waals surface area contributed by atoms with Crippen LogP contribution in [0.25, 0.3) is 0 Å². The van der Waals surface area contributed by atoms with Crippen molar-refractivity contribution in [3.05, 3.63) is 28.8 Å². The summed E-state index contributed by atoms with van der Waals surface area (Å²) in [4.78, 5) is 22.8. The smallest absolute Gasteiger partial charge is 0.412 e. The summed E-state index contributed by atoms with van der Waals surface area (Å²) in [7, 11) is 1.24. The Morgan fingerprint density at radius 1 is 1.36 bits per heavy atom. The lowest BCUT2D eigenvalue weighted by atomic mass is 10.1. The quantitative estimate of drug-likeness (QED) is 0.828. The molecule has 0 aliphatic carbocycles. The number of aliphatic hydroxyl groups excluding tert-OH is 1. The molecule has 1 rings (SSSR count). The normalized spacial score (nSPS) is 12.5. The molecule has 0 saturated carbocycles. The van der Waals surface area contributed by atoms with Crippen LogP contribution in [0.3, 0.4) is 0 Å². The topological polar surface area (TPSA) is 84.9 Å². The maximum Gasteiger partial charge on any atom is 0.412 e. The van der Waals surface area contributed by atoms with Gasteiger partial charge in [0.2, 0.25) is 0 Å². The van der Waals surface area contributed by atoms with Crippen LogP contribution >= 0.6 is 11.6 Å². The number of hydrogen-bond donors (Lipinski definition) is 2. The molecule has 0 spiro atoms. The van der Waals surface area contributed by atoms with Gasteiger partial charge in [-0.1, -0.05) is 17.7 Å². The fourth-order valence-corrected chi connectivity index (χ4v) is 1.95. The number of halogens is 1. The van der Waals surface area contributed by atoms with Crippen LogP contribution in [-0.2, 0) is 14.3 Å². The number of amides is 1. The first kappa shape index (κ1) is 18.3. The fraction of sp³-hybridized carbons (Fsp3) is 0.467. The molecule has 0 saturated heterocycles. The third kappa shape index (κ3) is 5.91. The molecule has 0 aromatic heterocycles. The molecule has 0 radical (unpaired) electrons. The number of hydrogen-bond acceptors (Lipinski definition) is 5. The lowest BCUT2D eigenvalue weighted by Gasteiger charge is -2.20. The lowest BCUT2D eigenvalue weighted by Crippen LogP contribution is -2.27. The number of anilines is 1. The molecule has 1 atom stereocenters. The van der Waals surface area contributed by atoms with E-state index < -0.39 is 23.8 Å². The number of aliphatic hydroxyl groups is 1. The summed E-state index contributed by atoms with van der Waals surface area (Å²) in [6.45, 7) is 5.27. The Kier molecular flexibility index (Phi) is 6.20. The van der Waals surface area contributed by atoms with Crippen LogP contribution in [0.2, 0.25) is 5.02 Å². The number of benzene rings is 1. The van der Waals surface area contributed by atoms with Crippen LogP contribution in [0.4, 0.5) is 10.5 Å². The van der Waals surface area contributed by atoms with Crippen LogP contribution in [0.5, 0.6) is 0 Å². The molecule has 0 unspecified atom stereocenters. The summed E-state index contributed by atoms with van der Waals surface area (Å²) in [6.07, 6.45) is -1.88. The lowest BCUT2D eigenvalue weighted by molar-refractivity contribution is -0.142. The van der Waals surface area contributed by atoms with Gasteiger partial charge in [-0.2, -0.15) is 0 Å². The van der Waals surface area contributed by atoms with Crippen molar-refractivity contribution in [2.45, 2.75) is 38.9 Å². The number of carbonyl (C=O) groups excluding carboxylic acids is 2. The molecule has 7 heteroatoms. The highest BCUT2D eigenvalue weighted by Crippen LogP contribution is 2.28. The van der Waals surface area contributed by atoms with Crippen molar-refractivity contribution in [1.29, 1.82) is 0 Å². The number of carbonyl (C=O) groups is 2. The van der Waals surface area contributed by atoms with Crippen molar-refractivity contribution in [3.63, 3.8) is 0 Å². The summed E-state index contributed by atoms with van der Waals surface area (Å²) in [6, 6.07) is 4.57. The Balaban J connectivity index is 2.77. The van der Waals surface area contributed by atoms with E-state index in [0.29, 0.717) is 11.3 Å². The van der Waals surface area contributed by atoms with Crippen LogP contribution in [0.15, 0.2) is 18.2 Å². The van der Waals surface area contributed by atoms with E-state index in [1.807, 2.05) is 0 Å². The Hall–Kier alpha value is -1.79. The predicted molar refractivity (Wildman–Crippen MR) is 82.9 cm³/mol. The minimum Gasteiger partial charge on any atom is -0.469 e. The highest BCUT2D eigenvalue weighted by Gasteiger charge is 2.19. The van der Waals surface area contributed by atoms with Crippen LogP contribution in [-0.4, -0.2) is 29.9 Å². The van der Waals surface area contributed by atoms with E-state index >= 15 is 0 Å². The molecule has 0 heterocycles. The van der Waals surface area contributed by atoms with E-state index in [1.165, 1.54) is 19.2 Å². The molecular weight excluding hydrogens is 310 g/mol. The average molecular weight is 330 g/mol. The Labute approximate surface area is 134 Å². The molecule has 1 aromatic carbocycles.